The Labute approximate surface area is 57.7 Å². The van der Waals surface area contributed by atoms with Crippen molar-refractivity contribution in [3.63, 3.8) is 0 Å². The number of nitrogens with zero attached hydrogens (tertiary/aromatic N) is 1. The average molecular weight is 152 g/mol. The summed E-state index contributed by atoms with van der Waals surface area (Å²) in [5.41, 5.74) is 4.66. The van der Waals surface area contributed by atoms with Crippen LogP contribution in [0.4, 0.5) is 8.96 Å². The third-order valence-electron chi connectivity index (χ3n) is 1.13. The summed E-state index contributed by atoms with van der Waals surface area (Å²) in [6.07, 6.45) is 0.611. The highest BCUT2D eigenvalue weighted by Crippen LogP contribution is 2.06. The maximum atomic E-state index is 11.7. The number of nitrogens with two attached hydrogens (primary N) is 1. The quantitative estimate of drug-likeness (QED) is 0.603. The number of halogens is 2. The van der Waals surface area contributed by atoms with E-state index in [0.717, 1.165) is 0 Å². The smallest absolute Gasteiger partial charge is 0.240 e. The Morgan fingerprint density at radius 1 is 1.70 bits per heavy atom. The molecule has 0 radical (unpaired) electrons. The van der Waals surface area contributed by atoms with E-state index in [9.17, 15) is 13.8 Å². The molecule has 0 aliphatic carbocycles. The van der Waals surface area contributed by atoms with Crippen molar-refractivity contribution >= 4 is 5.91 Å². The highest BCUT2D eigenvalue weighted by molar-refractivity contribution is 5.79. The predicted molar refractivity (Wildman–Crippen MR) is 31.9 cm³/mol. The molecular weight excluding hydrogens is 142 g/mol. The van der Waals surface area contributed by atoms with Gasteiger partial charge in [0, 0.05) is 5.34 Å². The average Bonchev–Trinajstić information content (AvgIpc) is 1.81. The second-order valence-corrected chi connectivity index (χ2v) is 1.97. The molecule has 0 saturated heterocycles. The monoisotopic (exact) mass is 152 g/mol. The van der Waals surface area contributed by atoms with Gasteiger partial charge >= 0.3 is 0 Å². The topological polar surface area (TPSA) is 46.3 Å². The fraction of sp³-hybridized carbons (Fsp3) is 0.800. The van der Waals surface area contributed by atoms with E-state index in [-0.39, 0.29) is 6.42 Å². The van der Waals surface area contributed by atoms with Crippen molar-refractivity contribution in [2.24, 2.45) is 5.73 Å². The van der Waals surface area contributed by atoms with Crippen LogP contribution in [0.3, 0.4) is 0 Å². The number of amides is 1. The number of hydrogen-bond acceptors (Lipinski definition) is 2. The Kier molecular flexibility index (Phi) is 3.87. The van der Waals surface area contributed by atoms with Crippen LogP contribution in [0.2, 0.25) is 0 Å². The molecule has 0 spiro atoms. The number of rotatable bonds is 4. The molecule has 0 aromatic carbocycles. The van der Waals surface area contributed by atoms with Crippen molar-refractivity contribution in [3.8, 4) is 0 Å². The standard InChI is InChI=1S/C5H10F2N2O/c1-2-3-4(5(8)10)9(6)7/h4H,2-3H2,1H3,(H2,8,10)/t4-/m0/s1. The second-order valence-electron chi connectivity index (χ2n) is 1.97. The summed E-state index contributed by atoms with van der Waals surface area (Å²) in [7, 11) is 0. The minimum atomic E-state index is -1.43. The molecule has 0 aliphatic rings. The highest BCUT2D eigenvalue weighted by Gasteiger charge is 2.22. The fourth-order valence-corrected chi connectivity index (χ4v) is 0.609. The Morgan fingerprint density at radius 3 is 2.30 bits per heavy atom. The Hall–Kier alpha value is -0.710. The van der Waals surface area contributed by atoms with Crippen LogP contribution >= 0.6 is 0 Å². The number of carbonyl (C=O) groups is 1. The zero-order valence-corrected chi connectivity index (χ0v) is 5.68. The van der Waals surface area contributed by atoms with Crippen LogP contribution in [-0.4, -0.2) is 17.3 Å². The van der Waals surface area contributed by atoms with Crippen LogP contribution in [-0.2, 0) is 4.79 Å². The summed E-state index contributed by atoms with van der Waals surface area (Å²) < 4.78 is 23.3. The first-order valence-electron chi connectivity index (χ1n) is 2.99. The molecule has 2 N–H and O–H groups in total. The molecule has 3 nitrogen and oxygen atoms in total. The van der Waals surface area contributed by atoms with Gasteiger partial charge in [-0.05, 0) is 6.42 Å². The van der Waals surface area contributed by atoms with Gasteiger partial charge in [0.2, 0.25) is 5.91 Å². The van der Waals surface area contributed by atoms with Crippen molar-refractivity contribution in [2.45, 2.75) is 25.8 Å². The van der Waals surface area contributed by atoms with Crippen molar-refractivity contribution < 1.29 is 13.8 Å². The Balaban J connectivity index is 3.85. The molecule has 0 heterocycles. The molecule has 0 aromatic heterocycles. The van der Waals surface area contributed by atoms with Crippen molar-refractivity contribution in [3.05, 3.63) is 0 Å². The van der Waals surface area contributed by atoms with Crippen LogP contribution in [0.1, 0.15) is 19.8 Å². The van der Waals surface area contributed by atoms with Gasteiger partial charge in [-0.15, -0.1) is 8.96 Å². The molecule has 0 aliphatic heterocycles. The normalized spacial score (nSPS) is 13.6. The van der Waals surface area contributed by atoms with Gasteiger partial charge in [-0.3, -0.25) is 4.79 Å². The Bertz CT molecular complexity index is 118. The lowest BCUT2D eigenvalue weighted by Gasteiger charge is -2.10. The van der Waals surface area contributed by atoms with E-state index in [1.807, 2.05) is 0 Å². The van der Waals surface area contributed by atoms with Gasteiger partial charge in [-0.25, -0.2) is 0 Å². The molecule has 0 aromatic rings. The molecule has 10 heavy (non-hydrogen) atoms. The summed E-state index contributed by atoms with van der Waals surface area (Å²) in [6, 6.07) is -1.43. The second kappa shape index (κ2) is 4.16. The fourth-order valence-electron chi connectivity index (χ4n) is 0.609. The molecule has 0 unspecified atom stereocenters. The van der Waals surface area contributed by atoms with E-state index in [0.29, 0.717) is 6.42 Å². The lowest BCUT2D eigenvalue weighted by Crippen LogP contribution is -2.36. The molecule has 0 fully saturated rings. The van der Waals surface area contributed by atoms with E-state index in [1.165, 1.54) is 0 Å². The summed E-state index contributed by atoms with van der Waals surface area (Å²) >= 11 is 0. The zero-order valence-electron chi connectivity index (χ0n) is 5.68. The van der Waals surface area contributed by atoms with Crippen LogP contribution in [0.25, 0.3) is 0 Å². The number of carbonyl (C=O) groups excluding carboxylic acids is 1. The number of primary amides is 1. The highest BCUT2D eigenvalue weighted by atomic mass is 19.4. The third kappa shape index (κ3) is 2.72. The van der Waals surface area contributed by atoms with E-state index in [4.69, 9.17) is 0 Å². The first-order valence-corrected chi connectivity index (χ1v) is 2.99. The van der Waals surface area contributed by atoms with Gasteiger partial charge in [0.1, 0.15) is 0 Å². The first kappa shape index (κ1) is 9.29. The van der Waals surface area contributed by atoms with Crippen molar-refractivity contribution in [1.82, 2.24) is 5.34 Å². The zero-order chi connectivity index (χ0) is 8.15. The first-order chi connectivity index (χ1) is 4.59. The lowest BCUT2D eigenvalue weighted by atomic mass is 10.2. The molecule has 1 amide bonds. The van der Waals surface area contributed by atoms with Crippen LogP contribution in [0.15, 0.2) is 0 Å². The van der Waals surface area contributed by atoms with Crippen LogP contribution < -0.4 is 5.73 Å². The Morgan fingerprint density at radius 2 is 2.20 bits per heavy atom. The van der Waals surface area contributed by atoms with Gasteiger partial charge in [0.15, 0.2) is 6.04 Å². The maximum absolute atomic E-state index is 11.7. The van der Waals surface area contributed by atoms with E-state index in [1.54, 1.807) is 6.92 Å². The molecule has 0 saturated carbocycles. The maximum Gasteiger partial charge on any atom is 0.240 e. The molecule has 0 bridgehead atoms. The van der Waals surface area contributed by atoms with Crippen molar-refractivity contribution in [2.75, 3.05) is 0 Å². The van der Waals surface area contributed by atoms with Gasteiger partial charge < -0.3 is 5.73 Å². The van der Waals surface area contributed by atoms with Gasteiger partial charge in [0.05, 0.1) is 0 Å². The van der Waals surface area contributed by atoms with E-state index >= 15 is 0 Å². The van der Waals surface area contributed by atoms with Crippen LogP contribution in [0, 0.1) is 0 Å². The predicted octanol–water partition coefficient (Wildman–Crippen LogP) is 0.711. The molecule has 60 valence electrons. The third-order valence-corrected chi connectivity index (χ3v) is 1.13. The molecule has 0 rings (SSSR count). The summed E-state index contributed by atoms with van der Waals surface area (Å²) in [6.45, 7) is 1.71. The van der Waals surface area contributed by atoms with Gasteiger partial charge in [-0.2, -0.15) is 0 Å². The lowest BCUT2D eigenvalue weighted by molar-refractivity contribution is -0.191. The minimum absolute atomic E-state index is 0.0995. The minimum Gasteiger partial charge on any atom is -0.368 e. The number of hydrogen-bond donors (Lipinski definition) is 1. The van der Waals surface area contributed by atoms with Gasteiger partial charge in [0.25, 0.3) is 0 Å². The molecule has 1 atom stereocenters. The van der Waals surface area contributed by atoms with Crippen molar-refractivity contribution in [1.29, 1.82) is 0 Å². The summed E-state index contributed by atoms with van der Waals surface area (Å²) in [4.78, 5) is 10.2. The molecule has 5 heteroatoms. The molecular formula is C5H10F2N2O. The van der Waals surface area contributed by atoms with Crippen LogP contribution in [0.5, 0.6) is 0 Å². The van der Waals surface area contributed by atoms with Gasteiger partial charge in [-0.1, -0.05) is 13.3 Å². The largest absolute Gasteiger partial charge is 0.368 e. The summed E-state index contributed by atoms with van der Waals surface area (Å²) in [5.74, 6) is -0.980. The summed E-state index contributed by atoms with van der Waals surface area (Å²) in [5, 5.41) is -1.15. The van der Waals surface area contributed by atoms with E-state index < -0.39 is 17.3 Å². The SMILES string of the molecule is CCC[C@@H](C(N)=O)N(F)F. The van der Waals surface area contributed by atoms with E-state index in [2.05, 4.69) is 5.73 Å².